The molecule has 0 saturated carbocycles. The van der Waals surface area contributed by atoms with Crippen LogP contribution >= 0.6 is 0 Å². The highest BCUT2D eigenvalue weighted by Crippen LogP contribution is 2.13. The van der Waals surface area contributed by atoms with Gasteiger partial charge in [0, 0.05) is 19.3 Å². The number of nitrogens with one attached hydrogen (secondary N) is 1. The first-order chi connectivity index (χ1) is 7.81. The van der Waals surface area contributed by atoms with Crippen LogP contribution in [0.5, 0.6) is 0 Å². The summed E-state index contributed by atoms with van der Waals surface area (Å²) >= 11 is 0. The van der Waals surface area contributed by atoms with Gasteiger partial charge < -0.3 is 10.3 Å². The number of hydrogen-bond acceptors (Lipinski definition) is 4. The second-order valence-electron chi connectivity index (χ2n) is 3.93. The number of pyridine rings is 1. The molecule has 1 aliphatic rings. The lowest BCUT2D eigenvalue weighted by Gasteiger charge is -2.26. The summed E-state index contributed by atoms with van der Waals surface area (Å²) in [4.78, 5) is 18.0. The number of piperidine rings is 1. The Labute approximate surface area is 94.6 Å². The number of hydrogen-bond donors (Lipinski definition) is 2. The summed E-state index contributed by atoms with van der Waals surface area (Å²) in [5.74, 6) is 5.29. The molecule has 0 radical (unpaired) electrons. The van der Waals surface area contributed by atoms with E-state index in [0.717, 1.165) is 25.9 Å². The smallest absolute Gasteiger partial charge is 0.272 e. The fraction of sp³-hybridized carbons (Fsp3) is 0.455. The zero-order valence-corrected chi connectivity index (χ0v) is 9.15. The van der Waals surface area contributed by atoms with Crippen LogP contribution < -0.4 is 11.3 Å². The van der Waals surface area contributed by atoms with Crippen LogP contribution in [0.3, 0.4) is 0 Å². The highest BCUT2D eigenvalue weighted by atomic mass is 16.2. The lowest BCUT2D eigenvalue weighted by atomic mass is 10.1. The molecule has 1 fully saturated rings. The molecule has 5 heteroatoms. The quantitative estimate of drug-likeness (QED) is 0.576. The van der Waals surface area contributed by atoms with Crippen LogP contribution in [0.25, 0.3) is 0 Å². The van der Waals surface area contributed by atoms with E-state index < -0.39 is 0 Å². The molecular formula is C11H16N4O. The van der Waals surface area contributed by atoms with Crippen molar-refractivity contribution in [1.29, 1.82) is 0 Å². The zero-order valence-electron chi connectivity index (χ0n) is 9.15. The molecule has 2 heterocycles. The van der Waals surface area contributed by atoms with Crippen LogP contribution in [0, 0.1) is 0 Å². The molecule has 1 aromatic rings. The molecule has 1 aliphatic heterocycles. The van der Waals surface area contributed by atoms with E-state index in [9.17, 15) is 4.79 Å². The number of hydrazine groups is 1. The van der Waals surface area contributed by atoms with Crippen LogP contribution in [-0.2, 0) is 0 Å². The lowest BCUT2D eigenvalue weighted by molar-refractivity contribution is 0.0718. The molecule has 2 rings (SSSR count). The van der Waals surface area contributed by atoms with Crippen molar-refractivity contribution in [1.82, 2.24) is 9.88 Å². The average molecular weight is 220 g/mol. The van der Waals surface area contributed by atoms with Gasteiger partial charge in [-0.2, -0.15) is 0 Å². The molecule has 0 spiro atoms. The van der Waals surface area contributed by atoms with Crippen LogP contribution in [0.2, 0.25) is 0 Å². The van der Waals surface area contributed by atoms with Crippen molar-refractivity contribution in [3.05, 3.63) is 24.0 Å². The molecular weight excluding hydrogens is 204 g/mol. The maximum absolute atomic E-state index is 12.1. The minimum atomic E-state index is -0.00296. The number of nitrogen functional groups attached to an aromatic ring is 1. The number of likely N-dealkylation sites (tertiary alicyclic amines) is 1. The number of aromatic nitrogens is 1. The highest BCUT2D eigenvalue weighted by Gasteiger charge is 2.19. The number of amides is 1. The molecule has 1 aromatic heterocycles. The average Bonchev–Trinajstić information content (AvgIpc) is 2.39. The summed E-state index contributed by atoms with van der Waals surface area (Å²) in [5, 5.41) is 0. The van der Waals surface area contributed by atoms with Gasteiger partial charge >= 0.3 is 0 Å². The van der Waals surface area contributed by atoms with Crippen LogP contribution in [0.4, 0.5) is 5.69 Å². The van der Waals surface area contributed by atoms with Gasteiger partial charge in [-0.25, -0.2) is 0 Å². The van der Waals surface area contributed by atoms with E-state index in [1.54, 1.807) is 18.3 Å². The first-order valence-corrected chi connectivity index (χ1v) is 5.53. The van der Waals surface area contributed by atoms with Crippen molar-refractivity contribution < 1.29 is 4.79 Å². The lowest BCUT2D eigenvalue weighted by Crippen LogP contribution is -2.36. The van der Waals surface area contributed by atoms with Gasteiger partial charge in [-0.15, -0.1) is 0 Å². The Morgan fingerprint density at radius 3 is 2.81 bits per heavy atom. The predicted octanol–water partition coefficient (Wildman–Crippen LogP) is 0.993. The molecule has 0 aromatic carbocycles. The summed E-state index contributed by atoms with van der Waals surface area (Å²) in [7, 11) is 0. The maximum Gasteiger partial charge on any atom is 0.272 e. The third-order valence-corrected chi connectivity index (χ3v) is 2.79. The van der Waals surface area contributed by atoms with Gasteiger partial charge in [0.2, 0.25) is 0 Å². The van der Waals surface area contributed by atoms with Crippen molar-refractivity contribution >= 4 is 11.6 Å². The Morgan fingerprint density at radius 1 is 1.38 bits per heavy atom. The number of nitrogens with two attached hydrogens (primary N) is 1. The van der Waals surface area contributed by atoms with Gasteiger partial charge in [0.25, 0.3) is 5.91 Å². The number of nitrogens with zero attached hydrogens (tertiary/aromatic N) is 2. The molecule has 5 nitrogen and oxygen atoms in total. The van der Waals surface area contributed by atoms with E-state index in [-0.39, 0.29) is 5.91 Å². The molecule has 0 atom stereocenters. The molecule has 1 amide bonds. The monoisotopic (exact) mass is 220 g/mol. The Kier molecular flexibility index (Phi) is 3.36. The van der Waals surface area contributed by atoms with E-state index >= 15 is 0 Å². The van der Waals surface area contributed by atoms with Crippen LogP contribution in [0.15, 0.2) is 18.3 Å². The minimum absolute atomic E-state index is 0.00296. The second-order valence-corrected chi connectivity index (χ2v) is 3.93. The third-order valence-electron chi connectivity index (χ3n) is 2.79. The normalized spacial score (nSPS) is 15.9. The molecule has 86 valence electrons. The Hall–Kier alpha value is -1.62. The van der Waals surface area contributed by atoms with Crippen molar-refractivity contribution in [2.75, 3.05) is 18.5 Å². The second kappa shape index (κ2) is 4.94. The number of anilines is 1. The van der Waals surface area contributed by atoms with Gasteiger partial charge in [0.15, 0.2) is 0 Å². The number of carbonyl (C=O) groups excluding carboxylic acids is 1. The van der Waals surface area contributed by atoms with E-state index in [2.05, 4.69) is 10.4 Å². The van der Waals surface area contributed by atoms with Gasteiger partial charge in [-0.1, -0.05) is 0 Å². The fourth-order valence-corrected chi connectivity index (χ4v) is 1.90. The molecule has 3 N–H and O–H groups in total. The molecule has 16 heavy (non-hydrogen) atoms. The standard InChI is InChI=1S/C11H16N4O/c12-14-9-4-5-13-10(8-9)11(16)15-6-2-1-3-7-15/h4-5,8H,1-3,6-7,12H2,(H,13,14). The summed E-state index contributed by atoms with van der Waals surface area (Å²) in [6, 6.07) is 3.41. The van der Waals surface area contributed by atoms with Crippen LogP contribution in [0.1, 0.15) is 29.8 Å². The molecule has 0 aliphatic carbocycles. The first kappa shape index (κ1) is 10.9. The Bertz CT molecular complexity index is 374. The summed E-state index contributed by atoms with van der Waals surface area (Å²) in [6.07, 6.45) is 4.97. The summed E-state index contributed by atoms with van der Waals surface area (Å²) in [5.41, 5.74) is 3.67. The minimum Gasteiger partial charge on any atom is -0.337 e. The zero-order chi connectivity index (χ0) is 11.4. The van der Waals surface area contributed by atoms with E-state index in [4.69, 9.17) is 5.84 Å². The van der Waals surface area contributed by atoms with Crippen molar-refractivity contribution in [3.8, 4) is 0 Å². The molecule has 1 saturated heterocycles. The predicted molar refractivity (Wildman–Crippen MR) is 61.8 cm³/mol. The maximum atomic E-state index is 12.1. The summed E-state index contributed by atoms with van der Waals surface area (Å²) < 4.78 is 0. The van der Waals surface area contributed by atoms with E-state index in [1.165, 1.54) is 6.42 Å². The SMILES string of the molecule is NNc1ccnc(C(=O)N2CCCCC2)c1. The highest BCUT2D eigenvalue weighted by molar-refractivity contribution is 5.93. The van der Waals surface area contributed by atoms with E-state index in [0.29, 0.717) is 11.4 Å². The largest absolute Gasteiger partial charge is 0.337 e. The molecule has 0 unspecified atom stereocenters. The van der Waals surface area contributed by atoms with Gasteiger partial charge in [0.05, 0.1) is 5.69 Å². The molecule has 0 bridgehead atoms. The van der Waals surface area contributed by atoms with Crippen molar-refractivity contribution in [2.24, 2.45) is 5.84 Å². The van der Waals surface area contributed by atoms with E-state index in [1.807, 2.05) is 4.90 Å². The Morgan fingerprint density at radius 2 is 2.12 bits per heavy atom. The van der Waals surface area contributed by atoms with Crippen LogP contribution in [-0.4, -0.2) is 28.9 Å². The van der Waals surface area contributed by atoms with Gasteiger partial charge in [0.1, 0.15) is 5.69 Å². The topological polar surface area (TPSA) is 71.2 Å². The number of rotatable bonds is 2. The van der Waals surface area contributed by atoms with Gasteiger partial charge in [-0.05, 0) is 31.4 Å². The van der Waals surface area contributed by atoms with Crippen molar-refractivity contribution in [3.63, 3.8) is 0 Å². The van der Waals surface area contributed by atoms with Crippen molar-refractivity contribution in [2.45, 2.75) is 19.3 Å². The first-order valence-electron chi connectivity index (χ1n) is 5.53. The van der Waals surface area contributed by atoms with Gasteiger partial charge in [-0.3, -0.25) is 15.6 Å². The number of carbonyl (C=O) groups is 1. The summed E-state index contributed by atoms with van der Waals surface area (Å²) in [6.45, 7) is 1.67. The fourth-order valence-electron chi connectivity index (χ4n) is 1.90. The third kappa shape index (κ3) is 2.30. The Balaban J connectivity index is 2.12.